The zero-order valence-corrected chi connectivity index (χ0v) is 16.1. The molecule has 2 aromatic heterocycles. The van der Waals surface area contributed by atoms with Crippen LogP contribution in [0.15, 0.2) is 30.9 Å². The lowest BCUT2D eigenvalue weighted by atomic mass is 9.85. The Kier molecular flexibility index (Phi) is 6.05. The van der Waals surface area contributed by atoms with E-state index in [1.807, 2.05) is 17.9 Å². The Morgan fingerprint density at radius 2 is 2.26 bits per heavy atom. The summed E-state index contributed by atoms with van der Waals surface area (Å²) in [7, 11) is 3.67. The van der Waals surface area contributed by atoms with Crippen molar-refractivity contribution < 1.29 is 9.18 Å². The van der Waals surface area contributed by atoms with E-state index in [2.05, 4.69) is 33.4 Å². The van der Waals surface area contributed by atoms with Crippen LogP contribution in [-0.2, 0) is 7.05 Å². The fourth-order valence-electron chi connectivity index (χ4n) is 3.90. The maximum absolute atomic E-state index is 13.7. The maximum Gasteiger partial charge on any atom is 0.321 e. The Hall–Kier alpha value is -2.48. The number of nitrogens with one attached hydrogen (secondary N) is 1. The van der Waals surface area contributed by atoms with E-state index in [0.29, 0.717) is 12.5 Å². The quantitative estimate of drug-likeness (QED) is 0.874. The van der Waals surface area contributed by atoms with Gasteiger partial charge in [-0.15, -0.1) is 0 Å². The van der Waals surface area contributed by atoms with Gasteiger partial charge < -0.3 is 10.2 Å². The molecule has 1 saturated heterocycles. The lowest BCUT2D eigenvalue weighted by Crippen LogP contribution is -2.44. The van der Waals surface area contributed by atoms with Crippen molar-refractivity contribution in [1.82, 2.24) is 24.6 Å². The zero-order chi connectivity index (χ0) is 19.4. The molecule has 27 heavy (non-hydrogen) atoms. The molecule has 146 valence electrons. The van der Waals surface area contributed by atoms with Crippen molar-refractivity contribution >= 4 is 11.7 Å². The van der Waals surface area contributed by atoms with E-state index in [1.54, 1.807) is 11.9 Å². The van der Waals surface area contributed by atoms with Gasteiger partial charge >= 0.3 is 6.03 Å². The monoisotopic (exact) mass is 374 g/mol. The summed E-state index contributed by atoms with van der Waals surface area (Å²) in [6, 6.07) is 1.36. The number of nitrogens with zero attached hydrogens (tertiary/aromatic N) is 5. The fraction of sp³-hybridized carbons (Fsp3) is 0.526. The average molecular weight is 374 g/mol. The van der Waals surface area contributed by atoms with E-state index in [9.17, 15) is 9.18 Å². The molecule has 0 saturated carbocycles. The van der Waals surface area contributed by atoms with Crippen LogP contribution in [0.2, 0.25) is 0 Å². The van der Waals surface area contributed by atoms with E-state index in [1.165, 1.54) is 17.8 Å². The second-order valence-corrected chi connectivity index (χ2v) is 7.09. The number of hydrogen-bond donors (Lipinski definition) is 1. The SMILES string of the molecule is CCN1CCC[C@@H](CN(C)C(=O)Nc2ccncc2F)[C@@H]1c1cnn(C)c1. The molecule has 1 fully saturated rings. The van der Waals surface area contributed by atoms with Crippen molar-refractivity contribution in [2.45, 2.75) is 25.8 Å². The van der Waals surface area contributed by atoms with Crippen LogP contribution in [0.3, 0.4) is 0 Å². The predicted molar refractivity (Wildman–Crippen MR) is 102 cm³/mol. The second-order valence-electron chi connectivity index (χ2n) is 7.09. The Morgan fingerprint density at radius 3 is 2.93 bits per heavy atom. The highest BCUT2D eigenvalue weighted by molar-refractivity contribution is 5.89. The Morgan fingerprint density at radius 1 is 1.44 bits per heavy atom. The average Bonchev–Trinajstić information content (AvgIpc) is 3.09. The number of aromatic nitrogens is 3. The van der Waals surface area contributed by atoms with Crippen LogP contribution in [0.5, 0.6) is 0 Å². The highest BCUT2D eigenvalue weighted by Gasteiger charge is 2.34. The molecule has 0 aliphatic carbocycles. The summed E-state index contributed by atoms with van der Waals surface area (Å²) in [6.45, 7) is 4.75. The summed E-state index contributed by atoms with van der Waals surface area (Å²) in [5, 5.41) is 6.95. The number of carbonyl (C=O) groups excluding carboxylic acids is 1. The number of anilines is 1. The summed E-state index contributed by atoms with van der Waals surface area (Å²) in [5.74, 6) is -0.247. The van der Waals surface area contributed by atoms with Gasteiger partial charge in [-0.1, -0.05) is 6.92 Å². The van der Waals surface area contributed by atoms with Gasteiger partial charge in [-0.05, 0) is 37.9 Å². The number of pyridine rings is 1. The van der Waals surface area contributed by atoms with Gasteiger partial charge in [-0.2, -0.15) is 5.10 Å². The van der Waals surface area contributed by atoms with E-state index in [0.717, 1.165) is 32.1 Å². The molecule has 0 bridgehead atoms. The van der Waals surface area contributed by atoms with Gasteiger partial charge in [0.05, 0.1) is 18.1 Å². The highest BCUT2D eigenvalue weighted by atomic mass is 19.1. The molecule has 1 aliphatic heterocycles. The number of urea groups is 1. The summed E-state index contributed by atoms with van der Waals surface area (Å²) >= 11 is 0. The lowest BCUT2D eigenvalue weighted by Gasteiger charge is -2.42. The molecular weight excluding hydrogens is 347 g/mol. The molecule has 0 spiro atoms. The van der Waals surface area contributed by atoms with Gasteiger partial charge in [-0.3, -0.25) is 14.6 Å². The molecular formula is C19H27FN6O. The Balaban J connectivity index is 1.71. The molecule has 0 aromatic carbocycles. The number of rotatable bonds is 5. The molecule has 7 nitrogen and oxygen atoms in total. The van der Waals surface area contributed by atoms with E-state index >= 15 is 0 Å². The van der Waals surface area contributed by atoms with Crippen LogP contribution in [0.4, 0.5) is 14.9 Å². The number of carbonyl (C=O) groups is 1. The van der Waals surface area contributed by atoms with Crippen LogP contribution in [0.1, 0.15) is 31.4 Å². The number of halogens is 1. The Labute approximate surface area is 159 Å². The molecule has 2 amide bonds. The first-order valence-electron chi connectivity index (χ1n) is 9.33. The number of likely N-dealkylation sites (tertiary alicyclic amines) is 1. The number of amides is 2. The van der Waals surface area contributed by atoms with Crippen molar-refractivity contribution in [3.05, 3.63) is 42.2 Å². The minimum absolute atomic E-state index is 0.143. The third-order valence-electron chi connectivity index (χ3n) is 5.20. The van der Waals surface area contributed by atoms with Gasteiger partial charge in [-0.25, -0.2) is 9.18 Å². The molecule has 2 aromatic rings. The van der Waals surface area contributed by atoms with Crippen LogP contribution >= 0.6 is 0 Å². The number of piperidine rings is 1. The Bertz CT molecular complexity index is 779. The van der Waals surface area contributed by atoms with Crippen molar-refractivity contribution in [2.75, 3.05) is 32.0 Å². The first-order valence-corrected chi connectivity index (χ1v) is 9.33. The van der Waals surface area contributed by atoms with Gasteiger partial charge in [0.1, 0.15) is 0 Å². The van der Waals surface area contributed by atoms with Crippen molar-refractivity contribution in [1.29, 1.82) is 0 Å². The normalized spacial score (nSPS) is 20.4. The molecule has 0 unspecified atom stereocenters. The van der Waals surface area contributed by atoms with Crippen LogP contribution in [-0.4, -0.2) is 57.3 Å². The molecule has 0 radical (unpaired) electrons. The van der Waals surface area contributed by atoms with Gasteiger partial charge in [0, 0.05) is 44.6 Å². The van der Waals surface area contributed by atoms with Gasteiger partial charge in [0.25, 0.3) is 0 Å². The number of aryl methyl sites for hydroxylation is 1. The third-order valence-corrected chi connectivity index (χ3v) is 5.20. The zero-order valence-electron chi connectivity index (χ0n) is 16.1. The maximum atomic E-state index is 13.7. The smallest absolute Gasteiger partial charge is 0.321 e. The first kappa shape index (κ1) is 19.3. The van der Waals surface area contributed by atoms with Crippen LogP contribution in [0, 0.1) is 11.7 Å². The van der Waals surface area contributed by atoms with Crippen LogP contribution < -0.4 is 5.32 Å². The predicted octanol–water partition coefficient (Wildman–Crippen LogP) is 2.89. The second kappa shape index (κ2) is 8.47. The summed E-state index contributed by atoms with van der Waals surface area (Å²) in [6.07, 6.45) is 8.66. The van der Waals surface area contributed by atoms with Crippen molar-refractivity contribution in [2.24, 2.45) is 13.0 Å². The van der Waals surface area contributed by atoms with Crippen molar-refractivity contribution in [3.8, 4) is 0 Å². The molecule has 1 aliphatic rings. The summed E-state index contributed by atoms with van der Waals surface area (Å²) in [5.41, 5.74) is 1.32. The van der Waals surface area contributed by atoms with Gasteiger partial charge in [0.15, 0.2) is 5.82 Å². The van der Waals surface area contributed by atoms with Gasteiger partial charge in [0.2, 0.25) is 0 Å². The van der Waals surface area contributed by atoms with Crippen LogP contribution in [0.25, 0.3) is 0 Å². The fourth-order valence-corrected chi connectivity index (χ4v) is 3.90. The standard InChI is InChI=1S/C19H27FN6O/c1-4-26-9-5-6-14(18(26)15-10-22-25(3)13-15)12-24(2)19(27)23-17-7-8-21-11-16(17)20/h7-8,10-11,13-14,18H,4-6,9,12H2,1-3H3,(H,21,23,27)/t14-,18+/m0/s1. The largest absolute Gasteiger partial charge is 0.327 e. The molecule has 3 rings (SSSR count). The van der Waals surface area contributed by atoms with Crippen molar-refractivity contribution in [3.63, 3.8) is 0 Å². The lowest BCUT2D eigenvalue weighted by molar-refractivity contribution is 0.0828. The summed E-state index contributed by atoms with van der Waals surface area (Å²) in [4.78, 5) is 20.3. The highest BCUT2D eigenvalue weighted by Crippen LogP contribution is 2.36. The van der Waals surface area contributed by atoms with E-state index in [4.69, 9.17) is 0 Å². The minimum atomic E-state index is -0.540. The number of hydrogen-bond acceptors (Lipinski definition) is 4. The first-order chi connectivity index (χ1) is 13.0. The molecule has 8 heteroatoms. The van der Waals surface area contributed by atoms with E-state index < -0.39 is 5.82 Å². The molecule has 2 atom stereocenters. The topological polar surface area (TPSA) is 66.3 Å². The molecule has 1 N–H and O–H groups in total. The third kappa shape index (κ3) is 4.44. The molecule has 3 heterocycles. The minimum Gasteiger partial charge on any atom is -0.327 e. The summed E-state index contributed by atoms with van der Waals surface area (Å²) < 4.78 is 15.6. The van der Waals surface area contributed by atoms with E-state index in [-0.39, 0.29) is 17.8 Å².